The Hall–Kier alpha value is -0.710. The summed E-state index contributed by atoms with van der Waals surface area (Å²) in [6, 6.07) is 0. The molecule has 0 aliphatic carbocycles. The van der Waals surface area contributed by atoms with E-state index in [9.17, 15) is 18.7 Å². The Morgan fingerprint density at radius 3 is 2.54 bits per heavy atom. The van der Waals surface area contributed by atoms with E-state index in [1.807, 2.05) is 12.2 Å². The van der Waals surface area contributed by atoms with Gasteiger partial charge in [0.2, 0.25) is 0 Å². The first-order valence-electron chi connectivity index (χ1n) is 4.17. The first-order valence-corrected chi connectivity index (χ1v) is 4.17. The smallest absolute Gasteiger partial charge is 0.315 e. The molecule has 1 unspecified atom stereocenters. The molecule has 0 heterocycles. The summed E-state index contributed by atoms with van der Waals surface area (Å²) in [5, 5.41) is 11.5. The number of hydrogen-bond donors (Lipinski definition) is 2. The lowest BCUT2D eigenvalue weighted by Gasteiger charge is -2.22. The molecule has 0 radical (unpaired) electrons. The first-order chi connectivity index (χ1) is 5.89. The third-order valence-electron chi connectivity index (χ3n) is 1.63. The second kappa shape index (κ2) is 5.11. The van der Waals surface area contributed by atoms with Crippen LogP contribution < -0.4 is 5.32 Å². The number of aliphatic hydroxyl groups is 1. The van der Waals surface area contributed by atoms with Crippen LogP contribution in [0.15, 0.2) is 0 Å². The number of hydrogen-bond acceptors (Lipinski definition) is 2. The summed E-state index contributed by atoms with van der Waals surface area (Å²) < 4.78 is 23.4. The van der Waals surface area contributed by atoms with Crippen LogP contribution in [0.4, 0.5) is 8.78 Å². The van der Waals surface area contributed by atoms with Crippen LogP contribution in [0, 0.1) is 0 Å². The Morgan fingerprint density at radius 2 is 2.15 bits per heavy atom. The molecule has 0 aromatic heterocycles. The summed E-state index contributed by atoms with van der Waals surface area (Å²) in [4.78, 5) is 10.4. The van der Waals surface area contributed by atoms with Gasteiger partial charge in [0.05, 0.1) is 5.60 Å². The molecule has 1 atom stereocenters. The van der Waals surface area contributed by atoms with Gasteiger partial charge in [0, 0.05) is 6.54 Å². The van der Waals surface area contributed by atoms with E-state index in [2.05, 4.69) is 0 Å². The molecule has 0 fully saturated rings. The maximum absolute atomic E-state index is 11.7. The Bertz CT molecular complexity index is 172. The zero-order chi connectivity index (χ0) is 10.5. The van der Waals surface area contributed by atoms with Crippen molar-refractivity contribution in [3.8, 4) is 0 Å². The summed E-state index contributed by atoms with van der Waals surface area (Å²) >= 11 is 0. The van der Waals surface area contributed by atoms with Crippen molar-refractivity contribution in [1.82, 2.24) is 5.32 Å². The van der Waals surface area contributed by atoms with Crippen molar-refractivity contribution in [3.05, 3.63) is 0 Å². The number of carbonyl (C=O) groups is 1. The molecule has 1 amide bonds. The van der Waals surface area contributed by atoms with E-state index in [0.29, 0.717) is 6.42 Å². The molecule has 0 aliphatic heterocycles. The quantitative estimate of drug-likeness (QED) is 0.685. The fourth-order valence-corrected chi connectivity index (χ4v) is 0.982. The number of alkyl halides is 2. The number of nitrogens with one attached hydrogen (secondary N) is 1. The Kier molecular flexibility index (Phi) is 4.83. The Balaban J connectivity index is 3.80. The lowest BCUT2D eigenvalue weighted by atomic mass is 10.0. The normalized spacial score (nSPS) is 15.5. The zero-order valence-corrected chi connectivity index (χ0v) is 7.81. The van der Waals surface area contributed by atoms with Crippen LogP contribution in [-0.2, 0) is 4.79 Å². The van der Waals surface area contributed by atoms with Crippen LogP contribution in [-0.4, -0.2) is 29.6 Å². The molecule has 0 spiro atoms. The molecule has 2 N–H and O–H groups in total. The van der Waals surface area contributed by atoms with Crippen molar-refractivity contribution in [2.75, 3.05) is 6.54 Å². The third-order valence-corrected chi connectivity index (χ3v) is 1.63. The lowest BCUT2D eigenvalue weighted by molar-refractivity contribution is -0.132. The Labute approximate surface area is 76.1 Å². The van der Waals surface area contributed by atoms with Crippen molar-refractivity contribution in [2.45, 2.75) is 38.7 Å². The fraction of sp³-hybridized carbons (Fsp3) is 0.875. The highest BCUT2D eigenvalue weighted by molar-refractivity contribution is 5.79. The summed E-state index contributed by atoms with van der Waals surface area (Å²) in [7, 11) is 0. The van der Waals surface area contributed by atoms with Gasteiger partial charge in [-0.3, -0.25) is 4.79 Å². The molecule has 0 saturated carbocycles. The van der Waals surface area contributed by atoms with Crippen molar-refractivity contribution >= 4 is 5.91 Å². The van der Waals surface area contributed by atoms with Crippen LogP contribution in [0.5, 0.6) is 0 Å². The average Bonchev–Trinajstić information content (AvgIpc) is 2.00. The van der Waals surface area contributed by atoms with Gasteiger partial charge in [0.1, 0.15) is 0 Å². The van der Waals surface area contributed by atoms with Crippen LogP contribution in [0.1, 0.15) is 26.7 Å². The van der Waals surface area contributed by atoms with E-state index in [1.165, 1.54) is 6.92 Å². The molecule has 0 saturated heterocycles. The minimum absolute atomic E-state index is 0.135. The molecule has 0 aliphatic rings. The monoisotopic (exact) mass is 195 g/mol. The second-order valence-electron chi connectivity index (χ2n) is 3.27. The van der Waals surface area contributed by atoms with Gasteiger partial charge in [0.15, 0.2) is 0 Å². The number of carbonyl (C=O) groups excluding carboxylic acids is 1. The highest BCUT2D eigenvalue weighted by Gasteiger charge is 2.22. The van der Waals surface area contributed by atoms with E-state index in [4.69, 9.17) is 0 Å². The van der Waals surface area contributed by atoms with Gasteiger partial charge in [-0.05, 0) is 13.3 Å². The van der Waals surface area contributed by atoms with Gasteiger partial charge in [-0.2, -0.15) is 8.78 Å². The second-order valence-corrected chi connectivity index (χ2v) is 3.27. The summed E-state index contributed by atoms with van der Waals surface area (Å²) in [6.07, 6.45) is -1.81. The number of rotatable bonds is 5. The maximum atomic E-state index is 11.7. The van der Waals surface area contributed by atoms with Crippen LogP contribution in [0.2, 0.25) is 0 Å². The minimum atomic E-state index is -3.02. The maximum Gasteiger partial charge on any atom is 0.315 e. The van der Waals surface area contributed by atoms with E-state index in [1.54, 1.807) is 0 Å². The first kappa shape index (κ1) is 12.3. The van der Waals surface area contributed by atoms with Crippen LogP contribution >= 0.6 is 0 Å². The Morgan fingerprint density at radius 1 is 1.62 bits per heavy atom. The predicted molar refractivity (Wildman–Crippen MR) is 44.5 cm³/mol. The standard InChI is InChI=1S/C8H15F2NO2/c1-3-4-8(2,13)5-11-7(12)6(9)10/h6,13H,3-5H2,1-2H3,(H,11,12). The van der Waals surface area contributed by atoms with Crippen molar-refractivity contribution < 1.29 is 18.7 Å². The molecule has 13 heavy (non-hydrogen) atoms. The number of amides is 1. The van der Waals surface area contributed by atoms with Crippen molar-refractivity contribution in [3.63, 3.8) is 0 Å². The zero-order valence-electron chi connectivity index (χ0n) is 7.81. The van der Waals surface area contributed by atoms with E-state index >= 15 is 0 Å². The molecular formula is C8H15F2NO2. The van der Waals surface area contributed by atoms with Gasteiger partial charge in [0.25, 0.3) is 5.91 Å². The van der Waals surface area contributed by atoms with Crippen molar-refractivity contribution in [2.24, 2.45) is 0 Å². The topological polar surface area (TPSA) is 49.3 Å². The summed E-state index contributed by atoms with van der Waals surface area (Å²) in [6.45, 7) is 3.23. The average molecular weight is 195 g/mol. The summed E-state index contributed by atoms with van der Waals surface area (Å²) in [5.74, 6) is -1.34. The van der Waals surface area contributed by atoms with Gasteiger partial charge < -0.3 is 10.4 Å². The molecule has 0 aromatic rings. The third kappa shape index (κ3) is 5.52. The number of halogens is 2. The predicted octanol–water partition coefficient (Wildman–Crippen LogP) is 0.919. The highest BCUT2D eigenvalue weighted by atomic mass is 19.3. The molecule has 3 nitrogen and oxygen atoms in total. The van der Waals surface area contributed by atoms with Crippen LogP contribution in [0.3, 0.4) is 0 Å². The molecule has 0 rings (SSSR count). The molecule has 5 heteroatoms. The fourth-order valence-electron chi connectivity index (χ4n) is 0.982. The SMILES string of the molecule is CCCC(C)(O)CNC(=O)C(F)F. The van der Waals surface area contributed by atoms with E-state index < -0.39 is 17.9 Å². The van der Waals surface area contributed by atoms with E-state index in [0.717, 1.165) is 6.42 Å². The van der Waals surface area contributed by atoms with Gasteiger partial charge in [-0.25, -0.2) is 0 Å². The molecule has 0 aromatic carbocycles. The molecule has 78 valence electrons. The van der Waals surface area contributed by atoms with Crippen molar-refractivity contribution in [1.29, 1.82) is 0 Å². The largest absolute Gasteiger partial charge is 0.388 e. The molecular weight excluding hydrogens is 180 g/mol. The minimum Gasteiger partial charge on any atom is -0.388 e. The van der Waals surface area contributed by atoms with Gasteiger partial charge >= 0.3 is 6.43 Å². The van der Waals surface area contributed by atoms with Gasteiger partial charge in [-0.15, -0.1) is 0 Å². The van der Waals surface area contributed by atoms with Crippen LogP contribution in [0.25, 0.3) is 0 Å². The molecule has 0 bridgehead atoms. The highest BCUT2D eigenvalue weighted by Crippen LogP contribution is 2.10. The summed E-state index contributed by atoms with van der Waals surface area (Å²) in [5.41, 5.74) is -1.10. The van der Waals surface area contributed by atoms with Gasteiger partial charge in [-0.1, -0.05) is 13.3 Å². The van der Waals surface area contributed by atoms with E-state index in [-0.39, 0.29) is 6.54 Å². The lowest BCUT2D eigenvalue weighted by Crippen LogP contribution is -2.42.